The summed E-state index contributed by atoms with van der Waals surface area (Å²) in [5.41, 5.74) is -0.646. The van der Waals surface area contributed by atoms with Crippen LogP contribution in [0.5, 0.6) is 0 Å². The van der Waals surface area contributed by atoms with Crippen LogP contribution in [0, 0.1) is 5.92 Å². The van der Waals surface area contributed by atoms with E-state index in [9.17, 15) is 14.0 Å². The van der Waals surface area contributed by atoms with Gasteiger partial charge in [0.1, 0.15) is 17.8 Å². The molecule has 1 saturated carbocycles. The maximum atomic E-state index is 13.9. The van der Waals surface area contributed by atoms with Crippen molar-refractivity contribution >= 4 is 12.1 Å². The second kappa shape index (κ2) is 5.22. The largest absolute Gasteiger partial charge is 0.464 e. The van der Waals surface area contributed by atoms with Gasteiger partial charge in [-0.05, 0) is 40.5 Å². The Labute approximate surface area is 118 Å². The van der Waals surface area contributed by atoms with Crippen LogP contribution < -0.4 is 0 Å². The fraction of sp³-hybridized carbons (Fsp3) is 0.857. The van der Waals surface area contributed by atoms with E-state index in [0.29, 0.717) is 6.42 Å². The van der Waals surface area contributed by atoms with Gasteiger partial charge >= 0.3 is 12.1 Å². The molecule has 0 radical (unpaired) electrons. The lowest BCUT2D eigenvalue weighted by Gasteiger charge is -2.36. The van der Waals surface area contributed by atoms with Crippen LogP contribution in [0.3, 0.4) is 0 Å². The highest BCUT2D eigenvalue weighted by molar-refractivity contribution is 5.83. The lowest BCUT2D eigenvalue weighted by molar-refractivity contribution is -0.152. The van der Waals surface area contributed by atoms with E-state index < -0.39 is 35.8 Å². The van der Waals surface area contributed by atoms with Crippen molar-refractivity contribution < 1.29 is 23.5 Å². The number of hydrogen-bond acceptors (Lipinski definition) is 4. The summed E-state index contributed by atoms with van der Waals surface area (Å²) < 4.78 is 24.2. The highest BCUT2D eigenvalue weighted by atomic mass is 19.1. The number of piperidine rings is 1. The van der Waals surface area contributed by atoms with E-state index in [4.69, 9.17) is 9.47 Å². The van der Waals surface area contributed by atoms with Crippen LogP contribution in [-0.2, 0) is 14.3 Å². The molecule has 1 saturated heterocycles. The molecule has 1 heterocycles. The lowest BCUT2D eigenvalue weighted by atomic mass is 9.97. The van der Waals surface area contributed by atoms with E-state index in [0.717, 1.165) is 0 Å². The summed E-state index contributed by atoms with van der Waals surface area (Å²) in [6.45, 7) is 7.19. The maximum Gasteiger partial charge on any atom is 0.411 e. The molecule has 5 nitrogen and oxygen atoms in total. The van der Waals surface area contributed by atoms with Gasteiger partial charge in [-0.15, -0.1) is 0 Å². The Morgan fingerprint density at radius 1 is 1.30 bits per heavy atom. The van der Waals surface area contributed by atoms with Gasteiger partial charge in [-0.3, -0.25) is 4.90 Å². The van der Waals surface area contributed by atoms with E-state index in [1.54, 1.807) is 27.7 Å². The van der Waals surface area contributed by atoms with Crippen molar-refractivity contribution in [2.75, 3.05) is 6.61 Å². The quantitative estimate of drug-likeness (QED) is 0.731. The first-order chi connectivity index (χ1) is 9.24. The zero-order valence-electron chi connectivity index (χ0n) is 12.4. The molecule has 0 aromatic carbocycles. The first kappa shape index (κ1) is 15.1. The molecule has 1 aliphatic heterocycles. The third kappa shape index (κ3) is 2.74. The molecule has 6 heteroatoms. The number of nitrogens with zero attached hydrogens (tertiary/aromatic N) is 1. The van der Waals surface area contributed by atoms with Crippen molar-refractivity contribution in [3.8, 4) is 0 Å². The van der Waals surface area contributed by atoms with Crippen molar-refractivity contribution in [2.45, 2.75) is 64.4 Å². The molecule has 0 aromatic heterocycles. The molecule has 2 rings (SSSR count). The SMILES string of the molecule is CCOC(=O)C1C2CC(CC2F)N1C(=O)OC(C)(C)C. The average molecular weight is 287 g/mol. The summed E-state index contributed by atoms with van der Waals surface area (Å²) in [5, 5.41) is 0. The number of halogens is 1. The standard InChI is InChI=1S/C14H22FNO4/c1-5-19-12(17)11-9-6-8(7-10(9)15)16(11)13(18)20-14(2,3)4/h8-11H,5-7H2,1-4H3. The molecular weight excluding hydrogens is 265 g/mol. The van der Waals surface area contributed by atoms with Crippen LogP contribution in [-0.4, -0.2) is 47.4 Å². The second-order valence-electron chi connectivity index (χ2n) is 6.39. The Morgan fingerprint density at radius 3 is 2.50 bits per heavy atom. The number of likely N-dealkylation sites (tertiary alicyclic amines) is 1. The average Bonchev–Trinajstić information content (AvgIpc) is 2.82. The van der Waals surface area contributed by atoms with Gasteiger partial charge in [-0.2, -0.15) is 0 Å². The van der Waals surface area contributed by atoms with Crippen molar-refractivity contribution in [3.63, 3.8) is 0 Å². The monoisotopic (exact) mass is 287 g/mol. The highest BCUT2D eigenvalue weighted by Crippen LogP contribution is 2.45. The van der Waals surface area contributed by atoms with E-state index >= 15 is 0 Å². The molecule has 114 valence electrons. The van der Waals surface area contributed by atoms with Crippen molar-refractivity contribution in [1.29, 1.82) is 0 Å². The topological polar surface area (TPSA) is 55.8 Å². The molecule has 20 heavy (non-hydrogen) atoms. The Bertz CT molecular complexity index is 406. The first-order valence-electron chi connectivity index (χ1n) is 7.06. The molecule has 4 unspecified atom stereocenters. The van der Waals surface area contributed by atoms with Gasteiger partial charge in [0, 0.05) is 12.0 Å². The lowest BCUT2D eigenvalue weighted by Crippen LogP contribution is -2.53. The van der Waals surface area contributed by atoms with E-state index in [2.05, 4.69) is 0 Å². The van der Waals surface area contributed by atoms with Crippen LogP contribution in [0.25, 0.3) is 0 Å². The van der Waals surface area contributed by atoms with Crippen LogP contribution in [0.1, 0.15) is 40.5 Å². The van der Waals surface area contributed by atoms with Crippen molar-refractivity contribution in [3.05, 3.63) is 0 Å². The van der Waals surface area contributed by atoms with E-state index in [-0.39, 0.29) is 19.1 Å². The third-order valence-corrected chi connectivity index (χ3v) is 3.74. The summed E-state index contributed by atoms with van der Waals surface area (Å²) in [6, 6.07) is -1.11. The number of rotatable bonds is 2. The van der Waals surface area contributed by atoms with Crippen molar-refractivity contribution in [1.82, 2.24) is 4.90 Å². The normalized spacial score (nSPS) is 32.4. The number of carbonyl (C=O) groups is 2. The van der Waals surface area contributed by atoms with Crippen LogP contribution in [0.15, 0.2) is 0 Å². The van der Waals surface area contributed by atoms with Gasteiger partial charge in [0.15, 0.2) is 0 Å². The van der Waals surface area contributed by atoms with Gasteiger partial charge in [0.05, 0.1) is 6.61 Å². The summed E-state index contributed by atoms with van der Waals surface area (Å²) >= 11 is 0. The van der Waals surface area contributed by atoms with Gasteiger partial charge in [-0.25, -0.2) is 14.0 Å². The minimum absolute atomic E-state index is 0.214. The summed E-state index contributed by atoms with van der Waals surface area (Å²) in [4.78, 5) is 25.7. The van der Waals surface area contributed by atoms with Gasteiger partial charge in [-0.1, -0.05) is 0 Å². The van der Waals surface area contributed by atoms with Gasteiger partial charge in [0.2, 0.25) is 0 Å². The van der Waals surface area contributed by atoms with Crippen LogP contribution >= 0.6 is 0 Å². The van der Waals surface area contributed by atoms with Crippen LogP contribution in [0.4, 0.5) is 9.18 Å². The predicted molar refractivity (Wildman–Crippen MR) is 69.9 cm³/mol. The number of amides is 1. The van der Waals surface area contributed by atoms with E-state index in [1.165, 1.54) is 4.90 Å². The number of carbonyl (C=O) groups excluding carboxylic acids is 2. The molecule has 0 spiro atoms. The number of esters is 1. The van der Waals surface area contributed by atoms with Crippen molar-refractivity contribution in [2.24, 2.45) is 5.92 Å². The number of hydrogen-bond donors (Lipinski definition) is 0. The first-order valence-corrected chi connectivity index (χ1v) is 7.06. The molecule has 2 bridgehead atoms. The van der Waals surface area contributed by atoms with Crippen LogP contribution in [0.2, 0.25) is 0 Å². The maximum absolute atomic E-state index is 13.9. The Morgan fingerprint density at radius 2 is 1.95 bits per heavy atom. The molecule has 1 aliphatic carbocycles. The third-order valence-electron chi connectivity index (χ3n) is 3.74. The minimum atomic E-state index is -1.05. The summed E-state index contributed by atoms with van der Waals surface area (Å²) in [6.07, 6.45) is -0.827. The molecule has 1 amide bonds. The molecule has 0 N–H and O–H groups in total. The molecule has 0 aromatic rings. The van der Waals surface area contributed by atoms with Gasteiger partial charge in [0.25, 0.3) is 0 Å². The number of ether oxygens (including phenoxy) is 2. The fourth-order valence-corrected chi connectivity index (χ4v) is 3.07. The Hall–Kier alpha value is -1.33. The second-order valence-corrected chi connectivity index (χ2v) is 6.39. The molecule has 2 aliphatic rings. The summed E-state index contributed by atoms with van der Waals surface area (Å²) in [5.74, 6) is -1.00. The Balaban J connectivity index is 2.17. The molecular formula is C14H22FNO4. The summed E-state index contributed by atoms with van der Waals surface area (Å²) in [7, 11) is 0. The van der Waals surface area contributed by atoms with E-state index in [1.807, 2.05) is 0 Å². The van der Waals surface area contributed by atoms with Gasteiger partial charge < -0.3 is 9.47 Å². The zero-order valence-corrected chi connectivity index (χ0v) is 12.4. The fourth-order valence-electron chi connectivity index (χ4n) is 3.07. The minimum Gasteiger partial charge on any atom is -0.464 e. The molecule has 2 fully saturated rings. The smallest absolute Gasteiger partial charge is 0.411 e. The number of alkyl halides is 1. The predicted octanol–water partition coefficient (Wildman–Crippen LogP) is 2.29. The highest BCUT2D eigenvalue weighted by Gasteiger charge is 2.57. The zero-order chi connectivity index (χ0) is 15.1. The Kier molecular flexibility index (Phi) is 3.93. The number of fused-ring (bicyclic) bond motifs is 2. The molecule has 4 atom stereocenters.